The third-order valence-electron chi connectivity index (χ3n) is 7.29. The van der Waals surface area contributed by atoms with Crippen LogP contribution in [0.3, 0.4) is 0 Å². The summed E-state index contributed by atoms with van der Waals surface area (Å²) in [5, 5.41) is 12.8. The van der Waals surface area contributed by atoms with E-state index in [0.717, 1.165) is 11.3 Å². The molecule has 0 radical (unpaired) electrons. The number of halogens is 3. The highest BCUT2D eigenvalue weighted by molar-refractivity contribution is 9.10. The summed E-state index contributed by atoms with van der Waals surface area (Å²) in [7, 11) is 1.51. The van der Waals surface area contributed by atoms with Crippen molar-refractivity contribution in [3.63, 3.8) is 0 Å². The number of thiazole rings is 1. The van der Waals surface area contributed by atoms with E-state index in [9.17, 15) is 19.7 Å². The molecule has 0 aliphatic carbocycles. The van der Waals surface area contributed by atoms with Gasteiger partial charge >= 0.3 is 11.7 Å². The maximum absolute atomic E-state index is 14.1. The third-order valence-corrected chi connectivity index (χ3v) is 9.60. The Bertz CT molecular complexity index is 2180. The van der Waals surface area contributed by atoms with Gasteiger partial charge in [0.2, 0.25) is 5.75 Å². The zero-order valence-corrected chi connectivity index (χ0v) is 30.8. The molecular formula is C34H30BrCl2N3O8S. The average Bonchev–Trinajstić information content (AvgIpc) is 3.34. The molecule has 5 rings (SSSR count). The predicted molar refractivity (Wildman–Crippen MR) is 191 cm³/mol. The fraction of sp³-hybridized carbons (Fsp3) is 0.265. The van der Waals surface area contributed by atoms with E-state index in [0.29, 0.717) is 53.2 Å². The molecule has 11 nitrogen and oxygen atoms in total. The Hall–Kier alpha value is -4.17. The van der Waals surface area contributed by atoms with Gasteiger partial charge in [-0.3, -0.25) is 19.5 Å². The molecule has 49 heavy (non-hydrogen) atoms. The summed E-state index contributed by atoms with van der Waals surface area (Å²) >= 11 is 16.6. The monoisotopic (exact) mass is 789 g/mol. The number of ether oxygens (including phenoxy) is 4. The summed E-state index contributed by atoms with van der Waals surface area (Å²) in [5.41, 5.74) is 1.40. The molecule has 0 saturated carbocycles. The fourth-order valence-corrected chi connectivity index (χ4v) is 7.16. The van der Waals surface area contributed by atoms with E-state index in [1.807, 2.05) is 13.8 Å². The number of hydrogen-bond donors (Lipinski definition) is 0. The lowest BCUT2D eigenvalue weighted by atomic mass is 9.95. The number of methoxy groups -OCH3 is 1. The lowest BCUT2D eigenvalue weighted by Crippen LogP contribution is -2.40. The zero-order chi connectivity index (χ0) is 35.6. The van der Waals surface area contributed by atoms with Crippen LogP contribution in [0.25, 0.3) is 6.08 Å². The van der Waals surface area contributed by atoms with Crippen molar-refractivity contribution in [3.05, 3.63) is 121 Å². The molecule has 1 aromatic heterocycles. The van der Waals surface area contributed by atoms with Gasteiger partial charge in [-0.1, -0.05) is 46.7 Å². The average molecular weight is 792 g/mol. The SMILES string of the molecule is CCOC(=O)C1=C(C)N=c2s/c(=C/c3cc(Br)c(OCc4ccc(Cl)c(Cl)c4)c([N+](=O)[O-])c3)c(=O)n2[C@@H]1c1ccc(OC(C)C)c(OC)c1. The molecule has 0 spiro atoms. The number of benzene rings is 3. The number of aromatic nitrogens is 1. The van der Waals surface area contributed by atoms with Crippen LogP contribution >= 0.6 is 50.5 Å². The molecule has 0 saturated heterocycles. The number of carbonyl (C=O) groups excluding carboxylic acids is 1. The molecular weight excluding hydrogens is 761 g/mol. The van der Waals surface area contributed by atoms with Crippen LogP contribution in [0, 0.1) is 10.1 Å². The van der Waals surface area contributed by atoms with Crippen LogP contribution in [0.4, 0.5) is 5.69 Å². The second kappa shape index (κ2) is 15.2. The molecule has 0 unspecified atom stereocenters. The minimum Gasteiger partial charge on any atom is -0.493 e. The van der Waals surface area contributed by atoms with Gasteiger partial charge in [0.05, 0.1) is 61.1 Å². The Balaban J connectivity index is 1.61. The summed E-state index contributed by atoms with van der Waals surface area (Å²) in [5.74, 6) is 0.317. The first kappa shape index (κ1) is 36.1. The maximum Gasteiger partial charge on any atom is 0.338 e. The first-order valence-corrected chi connectivity index (χ1v) is 17.3. The molecule has 15 heteroatoms. The van der Waals surface area contributed by atoms with Crippen LogP contribution in [0.2, 0.25) is 10.0 Å². The van der Waals surface area contributed by atoms with Gasteiger partial charge in [-0.25, -0.2) is 9.79 Å². The van der Waals surface area contributed by atoms with Crippen LogP contribution in [0.1, 0.15) is 50.4 Å². The van der Waals surface area contributed by atoms with Gasteiger partial charge in [-0.15, -0.1) is 0 Å². The largest absolute Gasteiger partial charge is 0.493 e. The number of hydrogen-bond acceptors (Lipinski definition) is 10. The molecule has 1 aliphatic heterocycles. The number of nitro benzene ring substituents is 1. The van der Waals surface area contributed by atoms with Gasteiger partial charge in [-0.05, 0) is 96.7 Å². The first-order chi connectivity index (χ1) is 23.3. The molecule has 256 valence electrons. The van der Waals surface area contributed by atoms with E-state index in [2.05, 4.69) is 20.9 Å². The molecule has 1 aliphatic rings. The van der Waals surface area contributed by atoms with Crippen molar-refractivity contribution in [3.8, 4) is 17.2 Å². The number of rotatable bonds is 11. The van der Waals surface area contributed by atoms with Gasteiger partial charge in [0, 0.05) is 6.07 Å². The molecule has 4 aromatic rings. The van der Waals surface area contributed by atoms with Crippen molar-refractivity contribution in [1.29, 1.82) is 0 Å². The predicted octanol–water partition coefficient (Wildman–Crippen LogP) is 7.15. The van der Waals surface area contributed by atoms with Crippen LogP contribution < -0.4 is 29.1 Å². The van der Waals surface area contributed by atoms with Gasteiger partial charge in [0.25, 0.3) is 5.56 Å². The van der Waals surface area contributed by atoms with Crippen molar-refractivity contribution < 1.29 is 28.7 Å². The Morgan fingerprint density at radius 2 is 1.90 bits per heavy atom. The third kappa shape index (κ3) is 7.70. The van der Waals surface area contributed by atoms with Gasteiger partial charge < -0.3 is 18.9 Å². The quantitative estimate of drug-likeness (QED) is 0.0890. The molecule has 1 atom stereocenters. The fourth-order valence-electron chi connectivity index (χ4n) is 5.21. The Labute approximate surface area is 303 Å². The number of nitro groups is 1. The van der Waals surface area contributed by atoms with Crippen molar-refractivity contribution in [2.24, 2.45) is 4.99 Å². The van der Waals surface area contributed by atoms with Crippen molar-refractivity contribution in [2.45, 2.75) is 46.4 Å². The summed E-state index contributed by atoms with van der Waals surface area (Å²) in [4.78, 5) is 44.0. The number of nitrogens with zero attached hydrogens (tertiary/aromatic N) is 3. The highest BCUT2D eigenvalue weighted by Crippen LogP contribution is 2.39. The smallest absolute Gasteiger partial charge is 0.338 e. The summed E-state index contributed by atoms with van der Waals surface area (Å²) in [6, 6.07) is 12.2. The maximum atomic E-state index is 14.1. The molecule has 0 fully saturated rings. The number of fused-ring (bicyclic) bond motifs is 1. The Morgan fingerprint density at radius 1 is 1.14 bits per heavy atom. The van der Waals surface area contributed by atoms with Gasteiger partial charge in [-0.2, -0.15) is 0 Å². The van der Waals surface area contributed by atoms with E-state index in [-0.39, 0.29) is 40.9 Å². The highest BCUT2D eigenvalue weighted by Gasteiger charge is 2.34. The van der Waals surface area contributed by atoms with Gasteiger partial charge in [0.1, 0.15) is 6.61 Å². The van der Waals surface area contributed by atoms with Crippen LogP contribution in [0.15, 0.2) is 74.1 Å². The first-order valence-electron chi connectivity index (χ1n) is 14.9. The molecule has 2 heterocycles. The topological polar surface area (TPSA) is 131 Å². The number of esters is 1. The van der Waals surface area contributed by atoms with E-state index < -0.39 is 22.5 Å². The second-order valence-electron chi connectivity index (χ2n) is 11.0. The van der Waals surface area contributed by atoms with Crippen LogP contribution in [0.5, 0.6) is 17.2 Å². The lowest BCUT2D eigenvalue weighted by molar-refractivity contribution is -0.386. The number of allylic oxidation sites excluding steroid dienone is 1. The highest BCUT2D eigenvalue weighted by atomic mass is 79.9. The van der Waals surface area contributed by atoms with E-state index in [4.69, 9.17) is 42.1 Å². The zero-order valence-electron chi connectivity index (χ0n) is 26.9. The standard InChI is InChI=1S/C34H30BrCl2N3O8S/c1-6-46-33(42)29-18(4)38-34-39(30(29)21-8-10-26(48-17(2)3)27(15-21)45-5)32(41)28(49-34)14-20-11-22(35)31(25(13-20)40(43)44)47-16-19-7-9-23(36)24(37)12-19/h7-15,17,30H,6,16H2,1-5H3/b28-14+/t30-/m1/s1. The Kier molecular flexibility index (Phi) is 11.2. The molecule has 3 aromatic carbocycles. The molecule has 0 bridgehead atoms. The Morgan fingerprint density at radius 3 is 2.55 bits per heavy atom. The van der Waals surface area contributed by atoms with Crippen LogP contribution in [-0.2, 0) is 16.1 Å². The van der Waals surface area contributed by atoms with E-state index in [1.165, 1.54) is 23.8 Å². The van der Waals surface area contributed by atoms with Crippen LogP contribution in [-0.4, -0.2) is 35.3 Å². The summed E-state index contributed by atoms with van der Waals surface area (Å²) in [6.07, 6.45) is 1.42. The summed E-state index contributed by atoms with van der Waals surface area (Å²) in [6.45, 7) is 7.27. The minimum absolute atomic E-state index is 0.00299. The molecule has 0 N–H and O–H groups in total. The van der Waals surface area contributed by atoms with Crippen molar-refractivity contribution in [1.82, 2.24) is 4.57 Å². The second-order valence-corrected chi connectivity index (χ2v) is 13.7. The van der Waals surface area contributed by atoms with E-state index in [1.54, 1.807) is 56.3 Å². The minimum atomic E-state index is -0.905. The normalized spacial score (nSPS) is 14.4. The number of carbonyl (C=O) groups is 1. The summed E-state index contributed by atoms with van der Waals surface area (Å²) < 4.78 is 24.7. The van der Waals surface area contributed by atoms with Crippen molar-refractivity contribution in [2.75, 3.05) is 13.7 Å². The van der Waals surface area contributed by atoms with E-state index >= 15 is 0 Å². The lowest BCUT2D eigenvalue weighted by Gasteiger charge is -2.25. The van der Waals surface area contributed by atoms with Gasteiger partial charge in [0.15, 0.2) is 16.3 Å². The molecule has 0 amide bonds. The van der Waals surface area contributed by atoms with Crippen molar-refractivity contribution >= 4 is 68.2 Å².